The fraction of sp³-hybridized carbons (Fsp3) is 0.360. The van der Waals surface area contributed by atoms with Crippen LogP contribution >= 0.6 is 0 Å². The molecule has 1 saturated heterocycles. The molecule has 1 fully saturated rings. The summed E-state index contributed by atoms with van der Waals surface area (Å²) in [5.41, 5.74) is 2.77. The number of carbonyl (C=O) groups excluding carboxylic acids is 1. The second-order valence-corrected chi connectivity index (χ2v) is 7.60. The van der Waals surface area contributed by atoms with E-state index in [0.29, 0.717) is 45.0 Å². The first-order chi connectivity index (χ1) is 15.7. The normalized spacial score (nSPS) is 13.8. The lowest BCUT2D eigenvalue weighted by atomic mass is 10.1. The van der Waals surface area contributed by atoms with Crippen LogP contribution in [0, 0.1) is 0 Å². The van der Waals surface area contributed by atoms with Crippen LogP contribution in [0.1, 0.15) is 24.6 Å². The van der Waals surface area contributed by atoms with Gasteiger partial charge in [0, 0.05) is 25.1 Å². The van der Waals surface area contributed by atoms with E-state index >= 15 is 0 Å². The van der Waals surface area contributed by atoms with E-state index in [1.807, 2.05) is 64.2 Å². The molecule has 168 valence electrons. The van der Waals surface area contributed by atoms with E-state index in [2.05, 4.69) is 6.92 Å². The Labute approximate surface area is 188 Å². The Hall–Kier alpha value is -3.32. The molecule has 4 rings (SSSR count). The highest BCUT2D eigenvalue weighted by atomic mass is 16.5. The third kappa shape index (κ3) is 4.94. The Morgan fingerprint density at radius 1 is 1.03 bits per heavy atom. The number of hydrogen-bond donors (Lipinski definition) is 0. The molecule has 0 unspecified atom stereocenters. The third-order valence-corrected chi connectivity index (χ3v) is 5.58. The predicted octanol–water partition coefficient (Wildman–Crippen LogP) is 4.03. The van der Waals surface area contributed by atoms with Gasteiger partial charge in [0.05, 0.1) is 31.7 Å². The Morgan fingerprint density at radius 2 is 1.75 bits per heavy atom. The Balaban J connectivity index is 1.66. The molecule has 2 aromatic carbocycles. The van der Waals surface area contributed by atoms with Crippen molar-refractivity contribution in [2.45, 2.75) is 26.2 Å². The second-order valence-electron chi connectivity index (χ2n) is 7.60. The SMILES string of the molecule is CCc1nn(-c2ccc(OC)cc2)c(Oc2ccccc2)c1CCC(=O)N1CCOCC1. The van der Waals surface area contributed by atoms with E-state index in [4.69, 9.17) is 19.3 Å². The molecule has 1 aliphatic heterocycles. The summed E-state index contributed by atoms with van der Waals surface area (Å²) in [6.07, 6.45) is 1.72. The molecule has 1 amide bonds. The molecule has 2 heterocycles. The first-order valence-corrected chi connectivity index (χ1v) is 11.0. The molecule has 0 radical (unpaired) electrons. The molecule has 0 spiro atoms. The Morgan fingerprint density at radius 3 is 2.41 bits per heavy atom. The van der Waals surface area contributed by atoms with Gasteiger partial charge in [-0.1, -0.05) is 25.1 Å². The van der Waals surface area contributed by atoms with Gasteiger partial charge in [0.15, 0.2) is 0 Å². The Bertz CT molecular complexity index is 1030. The van der Waals surface area contributed by atoms with Gasteiger partial charge in [0.25, 0.3) is 0 Å². The minimum Gasteiger partial charge on any atom is -0.497 e. The Kier molecular flexibility index (Phi) is 7.07. The lowest BCUT2D eigenvalue weighted by molar-refractivity contribution is -0.135. The largest absolute Gasteiger partial charge is 0.497 e. The van der Waals surface area contributed by atoms with Crippen molar-refractivity contribution >= 4 is 5.91 Å². The number of carbonyl (C=O) groups is 1. The zero-order valence-electron chi connectivity index (χ0n) is 18.6. The number of amides is 1. The van der Waals surface area contributed by atoms with Gasteiger partial charge in [-0.3, -0.25) is 4.79 Å². The van der Waals surface area contributed by atoms with E-state index in [9.17, 15) is 4.79 Å². The van der Waals surface area contributed by atoms with Crippen molar-refractivity contribution in [1.82, 2.24) is 14.7 Å². The first kappa shape index (κ1) is 21.9. The highest BCUT2D eigenvalue weighted by Gasteiger charge is 2.23. The molecule has 1 aromatic heterocycles. The number of para-hydroxylation sites is 1. The molecule has 0 atom stereocenters. The summed E-state index contributed by atoms with van der Waals surface area (Å²) >= 11 is 0. The van der Waals surface area contributed by atoms with E-state index in [-0.39, 0.29) is 5.91 Å². The van der Waals surface area contributed by atoms with Crippen molar-refractivity contribution in [1.29, 1.82) is 0 Å². The summed E-state index contributed by atoms with van der Waals surface area (Å²) in [5.74, 6) is 2.29. The van der Waals surface area contributed by atoms with E-state index in [1.165, 1.54) is 0 Å². The van der Waals surface area contributed by atoms with Crippen molar-refractivity contribution in [2.75, 3.05) is 33.4 Å². The van der Waals surface area contributed by atoms with Crippen LogP contribution in [0.2, 0.25) is 0 Å². The van der Waals surface area contributed by atoms with Gasteiger partial charge < -0.3 is 19.1 Å². The molecular weight excluding hydrogens is 406 g/mol. The summed E-state index contributed by atoms with van der Waals surface area (Å²) in [4.78, 5) is 14.7. The number of aromatic nitrogens is 2. The van der Waals surface area contributed by atoms with Crippen LogP contribution in [0.5, 0.6) is 17.4 Å². The van der Waals surface area contributed by atoms with Crippen molar-refractivity contribution < 1.29 is 19.0 Å². The smallest absolute Gasteiger partial charge is 0.226 e. The summed E-state index contributed by atoms with van der Waals surface area (Å²) < 4.78 is 18.8. The van der Waals surface area contributed by atoms with E-state index in [0.717, 1.165) is 34.9 Å². The average Bonchev–Trinajstić information content (AvgIpc) is 3.20. The molecule has 32 heavy (non-hydrogen) atoms. The standard InChI is InChI=1S/C25H29N3O4/c1-3-23-22(13-14-24(29)27-15-17-31-18-16-27)25(32-21-7-5-4-6-8-21)28(26-23)19-9-11-20(30-2)12-10-19/h4-12H,3,13-18H2,1-2H3. The number of rotatable bonds is 8. The van der Waals surface area contributed by atoms with Gasteiger partial charge in [-0.25, -0.2) is 4.68 Å². The van der Waals surface area contributed by atoms with Gasteiger partial charge >= 0.3 is 0 Å². The lowest BCUT2D eigenvalue weighted by Gasteiger charge is -2.26. The first-order valence-electron chi connectivity index (χ1n) is 11.0. The van der Waals surface area contributed by atoms with Crippen LogP contribution in [0.4, 0.5) is 0 Å². The zero-order valence-corrected chi connectivity index (χ0v) is 18.6. The summed E-state index contributed by atoms with van der Waals surface area (Å²) in [5, 5.41) is 4.85. The lowest BCUT2D eigenvalue weighted by Crippen LogP contribution is -2.40. The topological polar surface area (TPSA) is 65.8 Å². The highest BCUT2D eigenvalue weighted by molar-refractivity contribution is 5.76. The number of nitrogens with zero attached hydrogens (tertiary/aromatic N) is 3. The van der Waals surface area contributed by atoms with Crippen LogP contribution in [0.25, 0.3) is 5.69 Å². The van der Waals surface area contributed by atoms with Crippen LogP contribution in [-0.2, 0) is 22.4 Å². The number of morpholine rings is 1. The minimum absolute atomic E-state index is 0.137. The maximum atomic E-state index is 12.8. The molecule has 0 N–H and O–H groups in total. The van der Waals surface area contributed by atoms with E-state index in [1.54, 1.807) is 7.11 Å². The minimum atomic E-state index is 0.137. The number of benzene rings is 2. The molecule has 0 aliphatic carbocycles. The summed E-state index contributed by atoms with van der Waals surface area (Å²) in [6.45, 7) is 4.57. The van der Waals surface area contributed by atoms with Gasteiger partial charge in [-0.15, -0.1) is 0 Å². The van der Waals surface area contributed by atoms with Crippen LogP contribution in [0.3, 0.4) is 0 Å². The van der Waals surface area contributed by atoms with Crippen molar-refractivity contribution in [3.05, 3.63) is 65.9 Å². The van der Waals surface area contributed by atoms with Gasteiger partial charge in [-0.05, 0) is 49.2 Å². The molecule has 0 saturated carbocycles. The van der Waals surface area contributed by atoms with Crippen molar-refractivity contribution in [3.8, 4) is 23.1 Å². The zero-order chi connectivity index (χ0) is 22.3. The average molecular weight is 436 g/mol. The number of methoxy groups -OCH3 is 1. The maximum Gasteiger partial charge on any atom is 0.226 e. The predicted molar refractivity (Wildman–Crippen MR) is 122 cm³/mol. The molecule has 7 nitrogen and oxygen atoms in total. The fourth-order valence-electron chi connectivity index (χ4n) is 3.82. The molecule has 0 bridgehead atoms. The number of hydrogen-bond acceptors (Lipinski definition) is 5. The maximum absolute atomic E-state index is 12.8. The van der Waals surface area contributed by atoms with Crippen molar-refractivity contribution in [2.24, 2.45) is 0 Å². The summed E-state index contributed by atoms with van der Waals surface area (Å²) in [6, 6.07) is 17.4. The van der Waals surface area contributed by atoms with Gasteiger partial charge in [0.1, 0.15) is 11.5 Å². The van der Waals surface area contributed by atoms with E-state index < -0.39 is 0 Å². The molecule has 7 heteroatoms. The number of ether oxygens (including phenoxy) is 3. The second kappa shape index (κ2) is 10.3. The fourth-order valence-corrected chi connectivity index (χ4v) is 3.82. The van der Waals surface area contributed by atoms with Gasteiger partial charge in [-0.2, -0.15) is 5.10 Å². The molecule has 1 aliphatic rings. The summed E-state index contributed by atoms with van der Waals surface area (Å²) in [7, 11) is 1.64. The number of aryl methyl sites for hydroxylation is 1. The highest BCUT2D eigenvalue weighted by Crippen LogP contribution is 2.32. The molecule has 3 aromatic rings. The van der Waals surface area contributed by atoms with Gasteiger partial charge in [0.2, 0.25) is 11.8 Å². The monoisotopic (exact) mass is 435 g/mol. The van der Waals surface area contributed by atoms with Crippen LogP contribution < -0.4 is 9.47 Å². The quantitative estimate of drug-likeness (QED) is 0.535. The van der Waals surface area contributed by atoms with Crippen LogP contribution in [-0.4, -0.2) is 54.0 Å². The van der Waals surface area contributed by atoms with Crippen LogP contribution in [0.15, 0.2) is 54.6 Å². The molecular formula is C25H29N3O4. The third-order valence-electron chi connectivity index (χ3n) is 5.58. The van der Waals surface area contributed by atoms with Crippen molar-refractivity contribution in [3.63, 3.8) is 0 Å².